The molecule has 1 N–H and O–H groups in total. The largest absolute Gasteiger partial charge is 0.366 e. The number of rotatable bonds is 2. The van der Waals surface area contributed by atoms with Gasteiger partial charge in [-0.3, -0.25) is 0 Å². The fraction of sp³-hybridized carbons (Fsp3) is 0.444. The third-order valence-electron chi connectivity index (χ3n) is 2.50. The Hall–Kier alpha value is -1.01. The quantitative estimate of drug-likeness (QED) is 0.828. The van der Waals surface area contributed by atoms with E-state index in [1.54, 1.807) is 10.6 Å². The predicted molar refractivity (Wildman–Crippen MR) is 65.1 cm³/mol. The topological polar surface area (TPSA) is 55.1 Å². The van der Waals surface area contributed by atoms with Crippen LogP contribution in [0.3, 0.4) is 0 Å². The van der Waals surface area contributed by atoms with E-state index in [1.807, 2.05) is 11.8 Å². The zero-order valence-corrected chi connectivity index (χ0v) is 10.0. The molecule has 3 heterocycles. The Morgan fingerprint density at radius 1 is 1.56 bits per heavy atom. The fourth-order valence-electron chi connectivity index (χ4n) is 1.74. The van der Waals surface area contributed by atoms with E-state index < -0.39 is 0 Å². The maximum absolute atomic E-state index is 5.93. The number of halogens is 1. The molecule has 16 heavy (non-hydrogen) atoms. The van der Waals surface area contributed by atoms with Crippen molar-refractivity contribution in [1.29, 1.82) is 0 Å². The van der Waals surface area contributed by atoms with Crippen molar-refractivity contribution in [2.24, 2.45) is 0 Å². The lowest BCUT2D eigenvalue weighted by Gasteiger charge is -2.13. The third kappa shape index (κ3) is 1.82. The van der Waals surface area contributed by atoms with Crippen LogP contribution in [0.4, 0.5) is 5.82 Å². The van der Waals surface area contributed by atoms with E-state index in [0.29, 0.717) is 17.0 Å². The monoisotopic (exact) mass is 255 g/mol. The van der Waals surface area contributed by atoms with E-state index in [-0.39, 0.29) is 0 Å². The van der Waals surface area contributed by atoms with Crippen LogP contribution in [0.2, 0.25) is 5.15 Å². The van der Waals surface area contributed by atoms with Crippen LogP contribution in [0.5, 0.6) is 0 Å². The standard InChI is InChI=1S/C9H10ClN5S/c10-7-3-8(13-6-1-2-16-4-6)15-9(14-7)11-5-12-15/h3,5-6,13H,1-2,4H2. The molecule has 1 unspecified atom stereocenters. The van der Waals surface area contributed by atoms with Gasteiger partial charge < -0.3 is 5.32 Å². The van der Waals surface area contributed by atoms with Gasteiger partial charge in [-0.15, -0.1) is 0 Å². The molecule has 1 saturated heterocycles. The van der Waals surface area contributed by atoms with Crippen molar-refractivity contribution in [2.45, 2.75) is 12.5 Å². The Morgan fingerprint density at radius 2 is 2.50 bits per heavy atom. The highest BCUT2D eigenvalue weighted by Gasteiger charge is 2.17. The summed E-state index contributed by atoms with van der Waals surface area (Å²) in [6, 6.07) is 2.27. The molecule has 1 fully saturated rings. The van der Waals surface area contributed by atoms with Crippen molar-refractivity contribution >= 4 is 35.0 Å². The summed E-state index contributed by atoms with van der Waals surface area (Å²) in [5, 5.41) is 7.98. The molecule has 0 aliphatic carbocycles. The summed E-state index contributed by atoms with van der Waals surface area (Å²) in [4.78, 5) is 8.11. The summed E-state index contributed by atoms with van der Waals surface area (Å²) >= 11 is 7.89. The summed E-state index contributed by atoms with van der Waals surface area (Å²) in [5.74, 6) is 3.72. The molecule has 1 aliphatic rings. The fourth-order valence-corrected chi connectivity index (χ4v) is 3.07. The van der Waals surface area contributed by atoms with Crippen LogP contribution in [0, 0.1) is 0 Å². The molecule has 0 spiro atoms. The van der Waals surface area contributed by atoms with E-state index in [2.05, 4.69) is 20.4 Å². The Bertz CT molecular complexity index is 508. The van der Waals surface area contributed by atoms with E-state index >= 15 is 0 Å². The molecule has 5 nitrogen and oxygen atoms in total. The second-order valence-corrected chi connectivity index (χ2v) is 5.18. The first kappa shape index (κ1) is 10.2. The molecular weight excluding hydrogens is 246 g/mol. The van der Waals surface area contributed by atoms with E-state index in [4.69, 9.17) is 11.6 Å². The van der Waals surface area contributed by atoms with Crippen LogP contribution < -0.4 is 5.32 Å². The molecule has 84 valence electrons. The van der Waals surface area contributed by atoms with Crippen LogP contribution >= 0.6 is 23.4 Å². The first-order valence-electron chi connectivity index (χ1n) is 5.03. The average Bonchev–Trinajstić information content (AvgIpc) is 2.87. The molecule has 0 radical (unpaired) electrons. The minimum atomic E-state index is 0.439. The van der Waals surface area contributed by atoms with Gasteiger partial charge >= 0.3 is 0 Å². The van der Waals surface area contributed by atoms with Gasteiger partial charge in [0.05, 0.1) is 0 Å². The van der Waals surface area contributed by atoms with Gasteiger partial charge in [-0.2, -0.15) is 31.3 Å². The van der Waals surface area contributed by atoms with E-state index in [9.17, 15) is 0 Å². The van der Waals surface area contributed by atoms with Gasteiger partial charge in [0.2, 0.25) is 0 Å². The van der Waals surface area contributed by atoms with Crippen molar-refractivity contribution < 1.29 is 0 Å². The van der Waals surface area contributed by atoms with Crippen LogP contribution in [-0.4, -0.2) is 37.1 Å². The molecule has 2 aromatic rings. The average molecular weight is 256 g/mol. The molecule has 2 aromatic heterocycles. The molecule has 0 aromatic carbocycles. The molecule has 0 bridgehead atoms. The first-order valence-corrected chi connectivity index (χ1v) is 6.57. The van der Waals surface area contributed by atoms with Crippen molar-refractivity contribution in [2.75, 3.05) is 16.8 Å². The summed E-state index contributed by atoms with van der Waals surface area (Å²) in [6.45, 7) is 0. The van der Waals surface area contributed by atoms with Crippen LogP contribution in [-0.2, 0) is 0 Å². The number of anilines is 1. The lowest BCUT2D eigenvalue weighted by molar-refractivity contribution is 0.790. The lowest BCUT2D eigenvalue weighted by atomic mass is 10.2. The van der Waals surface area contributed by atoms with Gasteiger partial charge in [-0.05, 0) is 12.2 Å². The predicted octanol–water partition coefficient (Wildman–Crippen LogP) is 1.70. The Kier molecular flexibility index (Phi) is 2.61. The Morgan fingerprint density at radius 3 is 3.31 bits per heavy atom. The van der Waals surface area contributed by atoms with Crippen molar-refractivity contribution in [3.63, 3.8) is 0 Å². The van der Waals surface area contributed by atoms with Crippen molar-refractivity contribution in [3.05, 3.63) is 17.5 Å². The van der Waals surface area contributed by atoms with E-state index in [1.165, 1.54) is 18.5 Å². The molecule has 1 atom stereocenters. The summed E-state index contributed by atoms with van der Waals surface area (Å²) < 4.78 is 1.68. The second kappa shape index (κ2) is 4.10. The highest BCUT2D eigenvalue weighted by Crippen LogP contribution is 2.22. The number of nitrogens with one attached hydrogen (secondary N) is 1. The number of nitrogens with zero attached hydrogens (tertiary/aromatic N) is 4. The number of thioether (sulfide) groups is 1. The maximum Gasteiger partial charge on any atom is 0.255 e. The SMILES string of the molecule is Clc1cc(NC2CCSC2)n2ncnc2n1. The van der Waals surface area contributed by atoms with Gasteiger partial charge in [0.15, 0.2) is 0 Å². The van der Waals surface area contributed by atoms with Gasteiger partial charge in [-0.1, -0.05) is 11.6 Å². The summed E-state index contributed by atoms with van der Waals surface area (Å²) in [7, 11) is 0. The number of hydrogen-bond donors (Lipinski definition) is 1. The van der Waals surface area contributed by atoms with Gasteiger partial charge in [0.1, 0.15) is 17.3 Å². The maximum atomic E-state index is 5.93. The zero-order chi connectivity index (χ0) is 11.0. The molecule has 0 amide bonds. The highest BCUT2D eigenvalue weighted by atomic mass is 35.5. The molecule has 3 rings (SSSR count). The number of aromatic nitrogens is 4. The lowest BCUT2D eigenvalue weighted by Crippen LogP contribution is -2.20. The summed E-state index contributed by atoms with van der Waals surface area (Å²) in [6.07, 6.45) is 2.65. The smallest absolute Gasteiger partial charge is 0.255 e. The van der Waals surface area contributed by atoms with Crippen LogP contribution in [0.15, 0.2) is 12.4 Å². The zero-order valence-electron chi connectivity index (χ0n) is 8.43. The Balaban J connectivity index is 1.97. The number of fused-ring (bicyclic) bond motifs is 1. The minimum absolute atomic E-state index is 0.439. The second-order valence-electron chi connectivity index (χ2n) is 3.64. The molecular formula is C9H10ClN5S. The first-order chi connectivity index (χ1) is 7.83. The molecule has 0 saturated carbocycles. The van der Waals surface area contributed by atoms with Gasteiger partial charge in [0, 0.05) is 17.9 Å². The molecule has 7 heteroatoms. The Labute approximate surface area is 102 Å². The van der Waals surface area contributed by atoms with Crippen LogP contribution in [0.1, 0.15) is 6.42 Å². The van der Waals surface area contributed by atoms with E-state index in [0.717, 1.165) is 11.6 Å². The normalized spacial score (nSPS) is 20.4. The van der Waals surface area contributed by atoms with Crippen molar-refractivity contribution in [3.8, 4) is 0 Å². The third-order valence-corrected chi connectivity index (χ3v) is 3.86. The van der Waals surface area contributed by atoms with Gasteiger partial charge in [0.25, 0.3) is 5.78 Å². The van der Waals surface area contributed by atoms with Crippen molar-refractivity contribution in [1.82, 2.24) is 19.6 Å². The van der Waals surface area contributed by atoms with Crippen LogP contribution in [0.25, 0.3) is 5.78 Å². The van der Waals surface area contributed by atoms with Gasteiger partial charge in [-0.25, -0.2) is 0 Å². The minimum Gasteiger partial charge on any atom is -0.366 e. The highest BCUT2D eigenvalue weighted by molar-refractivity contribution is 7.99. The molecule has 1 aliphatic heterocycles. The summed E-state index contributed by atoms with van der Waals surface area (Å²) in [5.41, 5.74) is 0. The number of hydrogen-bond acceptors (Lipinski definition) is 5.